The number of nitrogens with one attached hydrogen (secondary N) is 1. The summed E-state index contributed by atoms with van der Waals surface area (Å²) in [5.41, 5.74) is 0.394. The van der Waals surface area contributed by atoms with Gasteiger partial charge in [0.2, 0.25) is 5.91 Å². The number of carboxylic acid groups (broad SMARTS) is 1. The van der Waals surface area contributed by atoms with Crippen molar-refractivity contribution in [3.63, 3.8) is 0 Å². The van der Waals surface area contributed by atoms with Gasteiger partial charge in [0.1, 0.15) is 6.04 Å². The number of halogens is 2. The SMILES string of the molecule is O=C(N[C@H]1CC[C@@H](C(=O)O)C1)C1CCCN1C(=O)c1ccc(Cl)c(Cl)c1. The standard InChI is InChI=1S/C18H20Cl2N2O4/c19-13-6-4-10(9-14(13)20)17(24)22-7-1-2-15(22)16(23)21-12-5-3-11(8-12)18(25)26/h4,6,9,11-12,15H,1-3,5,7-8H2,(H,21,23)(H,25,26)/t11-,12+,15?/m1/s1. The molecule has 0 aromatic heterocycles. The Kier molecular flexibility index (Phi) is 5.73. The van der Waals surface area contributed by atoms with Crippen molar-refractivity contribution in [2.45, 2.75) is 44.2 Å². The van der Waals surface area contributed by atoms with Gasteiger partial charge in [-0.25, -0.2) is 0 Å². The van der Waals surface area contributed by atoms with E-state index in [4.69, 9.17) is 28.3 Å². The predicted octanol–water partition coefficient (Wildman–Crippen LogP) is 2.97. The number of rotatable bonds is 4. The number of hydrogen-bond donors (Lipinski definition) is 2. The Morgan fingerprint density at radius 1 is 1.12 bits per heavy atom. The Labute approximate surface area is 161 Å². The highest BCUT2D eigenvalue weighted by atomic mass is 35.5. The molecule has 6 nitrogen and oxygen atoms in total. The molecule has 1 aromatic carbocycles. The van der Waals surface area contributed by atoms with E-state index in [0.717, 1.165) is 6.42 Å². The molecule has 1 heterocycles. The lowest BCUT2D eigenvalue weighted by atomic mass is 10.1. The summed E-state index contributed by atoms with van der Waals surface area (Å²) in [7, 11) is 0. The smallest absolute Gasteiger partial charge is 0.306 e. The third kappa shape index (κ3) is 3.96. The van der Waals surface area contributed by atoms with E-state index in [-0.39, 0.29) is 17.9 Å². The fourth-order valence-electron chi connectivity index (χ4n) is 3.71. The Hall–Kier alpha value is -1.79. The number of carboxylic acids is 1. The lowest BCUT2D eigenvalue weighted by Crippen LogP contribution is -2.48. The van der Waals surface area contributed by atoms with E-state index < -0.39 is 17.9 Å². The molecule has 2 N–H and O–H groups in total. The third-order valence-corrected chi connectivity index (χ3v) is 5.85. The van der Waals surface area contributed by atoms with E-state index in [1.807, 2.05) is 0 Å². The Morgan fingerprint density at radius 3 is 2.54 bits per heavy atom. The molecule has 1 saturated carbocycles. The number of nitrogens with zero attached hydrogens (tertiary/aromatic N) is 1. The highest BCUT2D eigenvalue weighted by molar-refractivity contribution is 6.42. The van der Waals surface area contributed by atoms with Crippen LogP contribution in [0.4, 0.5) is 0 Å². The molecule has 1 unspecified atom stereocenters. The summed E-state index contributed by atoms with van der Waals surface area (Å²) >= 11 is 11.9. The lowest BCUT2D eigenvalue weighted by Gasteiger charge is -2.25. The number of carbonyl (C=O) groups is 3. The predicted molar refractivity (Wildman–Crippen MR) is 97.4 cm³/mol. The first-order chi connectivity index (χ1) is 12.4. The second kappa shape index (κ2) is 7.84. The summed E-state index contributed by atoms with van der Waals surface area (Å²) in [4.78, 5) is 38.0. The molecular weight excluding hydrogens is 379 g/mol. The summed E-state index contributed by atoms with van der Waals surface area (Å²) in [6, 6.07) is 3.98. The zero-order chi connectivity index (χ0) is 18.8. The molecule has 0 radical (unpaired) electrons. The van der Waals surface area contributed by atoms with Crippen LogP contribution in [0.5, 0.6) is 0 Å². The van der Waals surface area contributed by atoms with Crippen LogP contribution in [0.15, 0.2) is 18.2 Å². The van der Waals surface area contributed by atoms with Gasteiger partial charge in [-0.1, -0.05) is 23.2 Å². The summed E-state index contributed by atoms with van der Waals surface area (Å²) < 4.78 is 0. The number of amides is 2. The molecule has 0 spiro atoms. The molecule has 26 heavy (non-hydrogen) atoms. The summed E-state index contributed by atoms with van der Waals surface area (Å²) in [5, 5.41) is 12.7. The minimum Gasteiger partial charge on any atom is -0.481 e. The van der Waals surface area contributed by atoms with Gasteiger partial charge in [0, 0.05) is 18.2 Å². The van der Waals surface area contributed by atoms with Crippen LogP contribution in [0.1, 0.15) is 42.5 Å². The molecule has 2 amide bonds. The summed E-state index contributed by atoms with van der Waals surface area (Å²) in [6.07, 6.45) is 2.99. The molecule has 1 aromatic rings. The van der Waals surface area contributed by atoms with Crippen molar-refractivity contribution in [1.29, 1.82) is 0 Å². The third-order valence-electron chi connectivity index (χ3n) is 5.11. The van der Waals surface area contributed by atoms with E-state index >= 15 is 0 Å². The number of carbonyl (C=O) groups excluding carboxylic acids is 2. The van der Waals surface area contributed by atoms with Crippen LogP contribution >= 0.6 is 23.2 Å². The summed E-state index contributed by atoms with van der Waals surface area (Å²) in [6.45, 7) is 0.500. The van der Waals surface area contributed by atoms with Gasteiger partial charge >= 0.3 is 5.97 Å². The molecule has 8 heteroatoms. The van der Waals surface area contributed by atoms with E-state index in [9.17, 15) is 14.4 Å². The minimum absolute atomic E-state index is 0.147. The fourth-order valence-corrected chi connectivity index (χ4v) is 4.01. The van der Waals surface area contributed by atoms with Gasteiger partial charge in [-0.2, -0.15) is 0 Å². The maximum absolute atomic E-state index is 12.8. The molecule has 2 fully saturated rings. The maximum Gasteiger partial charge on any atom is 0.306 e. The van der Waals surface area contributed by atoms with E-state index in [2.05, 4.69) is 5.32 Å². The topological polar surface area (TPSA) is 86.7 Å². The molecule has 1 saturated heterocycles. The number of hydrogen-bond acceptors (Lipinski definition) is 3. The van der Waals surface area contributed by atoms with Gasteiger partial charge in [-0.05, 0) is 50.3 Å². The average Bonchev–Trinajstić information content (AvgIpc) is 3.25. The Morgan fingerprint density at radius 2 is 1.88 bits per heavy atom. The van der Waals surface area contributed by atoms with Gasteiger partial charge < -0.3 is 15.3 Å². The zero-order valence-corrected chi connectivity index (χ0v) is 15.6. The number of aliphatic carboxylic acids is 1. The van der Waals surface area contributed by atoms with Crippen LogP contribution in [0.3, 0.4) is 0 Å². The van der Waals surface area contributed by atoms with Gasteiger partial charge in [-0.3, -0.25) is 14.4 Å². The fraction of sp³-hybridized carbons (Fsp3) is 0.500. The van der Waals surface area contributed by atoms with Crippen LogP contribution in [-0.4, -0.2) is 46.4 Å². The molecule has 0 bridgehead atoms. The lowest BCUT2D eigenvalue weighted by molar-refractivity contribution is -0.141. The van der Waals surface area contributed by atoms with Crippen LogP contribution < -0.4 is 5.32 Å². The minimum atomic E-state index is -0.820. The van der Waals surface area contributed by atoms with Gasteiger partial charge in [0.25, 0.3) is 5.91 Å². The van der Waals surface area contributed by atoms with Crippen molar-refractivity contribution in [3.8, 4) is 0 Å². The van der Waals surface area contributed by atoms with Gasteiger partial charge in [-0.15, -0.1) is 0 Å². The monoisotopic (exact) mass is 398 g/mol. The summed E-state index contributed by atoms with van der Waals surface area (Å²) in [5.74, 6) is -1.69. The first-order valence-electron chi connectivity index (χ1n) is 8.66. The van der Waals surface area contributed by atoms with Crippen molar-refractivity contribution >= 4 is 41.0 Å². The van der Waals surface area contributed by atoms with Crippen molar-refractivity contribution in [3.05, 3.63) is 33.8 Å². The Balaban J connectivity index is 1.65. The average molecular weight is 399 g/mol. The molecule has 140 valence electrons. The second-order valence-electron chi connectivity index (χ2n) is 6.84. The number of likely N-dealkylation sites (tertiary alicyclic amines) is 1. The van der Waals surface area contributed by atoms with E-state index in [0.29, 0.717) is 47.8 Å². The normalized spacial score (nSPS) is 25.3. The van der Waals surface area contributed by atoms with Gasteiger partial charge in [0.05, 0.1) is 16.0 Å². The van der Waals surface area contributed by atoms with Crippen LogP contribution in [0.2, 0.25) is 10.0 Å². The van der Waals surface area contributed by atoms with Crippen molar-refractivity contribution in [1.82, 2.24) is 10.2 Å². The van der Waals surface area contributed by atoms with Gasteiger partial charge in [0.15, 0.2) is 0 Å². The number of benzene rings is 1. The van der Waals surface area contributed by atoms with E-state index in [1.54, 1.807) is 17.0 Å². The van der Waals surface area contributed by atoms with Crippen LogP contribution in [0, 0.1) is 5.92 Å². The Bertz CT molecular complexity index is 740. The van der Waals surface area contributed by atoms with E-state index in [1.165, 1.54) is 6.07 Å². The molecule has 2 aliphatic rings. The molecule has 3 atom stereocenters. The highest BCUT2D eigenvalue weighted by Crippen LogP contribution is 2.28. The maximum atomic E-state index is 12.8. The zero-order valence-electron chi connectivity index (χ0n) is 14.1. The van der Waals surface area contributed by atoms with Crippen molar-refractivity contribution < 1.29 is 19.5 Å². The quantitative estimate of drug-likeness (QED) is 0.815. The molecular formula is C18H20Cl2N2O4. The first kappa shape index (κ1) is 19.0. The van der Waals surface area contributed by atoms with Crippen LogP contribution in [0.25, 0.3) is 0 Å². The first-order valence-corrected chi connectivity index (χ1v) is 9.41. The highest BCUT2D eigenvalue weighted by Gasteiger charge is 2.37. The molecule has 1 aliphatic heterocycles. The van der Waals surface area contributed by atoms with Crippen molar-refractivity contribution in [2.24, 2.45) is 5.92 Å². The molecule has 1 aliphatic carbocycles. The second-order valence-corrected chi connectivity index (χ2v) is 7.65. The van der Waals surface area contributed by atoms with Crippen molar-refractivity contribution in [2.75, 3.05) is 6.54 Å². The largest absolute Gasteiger partial charge is 0.481 e. The molecule has 3 rings (SSSR count). The van der Waals surface area contributed by atoms with Crippen LogP contribution in [-0.2, 0) is 9.59 Å².